The average molecular weight is 276 g/mol. The molecule has 1 aliphatic rings. The minimum absolute atomic E-state index is 0.216. The molecule has 2 rings (SSSR count). The fourth-order valence-electron chi connectivity index (χ4n) is 3.01. The zero-order chi connectivity index (χ0) is 14.4. The van der Waals surface area contributed by atoms with Gasteiger partial charge in [0.2, 0.25) is 0 Å². The minimum atomic E-state index is -0.293. The Labute approximate surface area is 120 Å². The van der Waals surface area contributed by atoms with Crippen molar-refractivity contribution in [2.24, 2.45) is 0 Å². The highest BCUT2D eigenvalue weighted by molar-refractivity contribution is 5.70. The van der Waals surface area contributed by atoms with Crippen LogP contribution in [0.25, 0.3) is 0 Å². The van der Waals surface area contributed by atoms with E-state index in [0.29, 0.717) is 5.92 Å². The second-order valence-electron chi connectivity index (χ2n) is 5.63. The quantitative estimate of drug-likeness (QED) is 0.419. The topological polar surface area (TPSA) is 55.2 Å². The van der Waals surface area contributed by atoms with Crippen LogP contribution in [0, 0.1) is 10.1 Å². The molecule has 0 aromatic heterocycles. The molecule has 1 aromatic carbocycles. The largest absolute Gasteiger partial charge is 0.379 e. The van der Waals surface area contributed by atoms with Gasteiger partial charge in [0.25, 0.3) is 5.69 Å². The molecule has 1 N–H and O–H groups in total. The number of nitro benzene ring substituents is 1. The first-order chi connectivity index (χ1) is 9.74. The maximum absolute atomic E-state index is 11.0. The van der Waals surface area contributed by atoms with Crippen molar-refractivity contribution in [1.82, 2.24) is 0 Å². The van der Waals surface area contributed by atoms with Crippen LogP contribution in [-0.2, 0) is 0 Å². The lowest BCUT2D eigenvalue weighted by atomic mass is 9.94. The van der Waals surface area contributed by atoms with Gasteiger partial charge >= 0.3 is 0 Å². The van der Waals surface area contributed by atoms with E-state index in [2.05, 4.69) is 12.2 Å². The zero-order valence-corrected chi connectivity index (χ0v) is 12.2. The van der Waals surface area contributed by atoms with Gasteiger partial charge in [-0.2, -0.15) is 0 Å². The van der Waals surface area contributed by atoms with Gasteiger partial charge in [0.1, 0.15) is 5.69 Å². The molecule has 20 heavy (non-hydrogen) atoms. The lowest BCUT2D eigenvalue weighted by Gasteiger charge is -2.09. The Kier molecular flexibility index (Phi) is 5.39. The minimum Gasteiger partial charge on any atom is -0.379 e. The van der Waals surface area contributed by atoms with Crippen LogP contribution < -0.4 is 5.32 Å². The van der Waals surface area contributed by atoms with Crippen molar-refractivity contribution in [3.05, 3.63) is 33.9 Å². The molecule has 1 heterocycles. The fourth-order valence-corrected chi connectivity index (χ4v) is 3.01. The van der Waals surface area contributed by atoms with Crippen LogP contribution in [0.1, 0.15) is 63.4 Å². The lowest BCUT2D eigenvalue weighted by Crippen LogP contribution is -2.01. The number of anilines is 1. The molecular weight excluding hydrogens is 252 g/mol. The van der Waals surface area contributed by atoms with E-state index in [1.807, 2.05) is 6.07 Å². The number of nitrogens with zero attached hydrogens (tertiary/aromatic N) is 1. The number of hydrogen-bond donors (Lipinski definition) is 1. The summed E-state index contributed by atoms with van der Waals surface area (Å²) in [6, 6.07) is 5.42. The smallest absolute Gasteiger partial charge is 0.292 e. The molecule has 4 heteroatoms. The van der Waals surface area contributed by atoms with Crippen molar-refractivity contribution < 1.29 is 4.92 Å². The van der Waals surface area contributed by atoms with Gasteiger partial charge in [-0.05, 0) is 12.0 Å². The molecule has 1 atom stereocenters. The normalized spacial score (nSPS) is 16.8. The van der Waals surface area contributed by atoms with Crippen LogP contribution in [0.4, 0.5) is 11.4 Å². The van der Waals surface area contributed by atoms with E-state index in [1.165, 1.54) is 38.5 Å². The van der Waals surface area contributed by atoms with Crippen molar-refractivity contribution in [2.45, 2.75) is 57.8 Å². The van der Waals surface area contributed by atoms with Gasteiger partial charge in [-0.1, -0.05) is 57.6 Å². The summed E-state index contributed by atoms with van der Waals surface area (Å²) in [7, 11) is 0. The van der Waals surface area contributed by atoms with E-state index in [-0.39, 0.29) is 10.6 Å². The van der Waals surface area contributed by atoms with Crippen molar-refractivity contribution in [2.75, 3.05) is 11.9 Å². The maximum atomic E-state index is 11.0. The van der Waals surface area contributed by atoms with E-state index < -0.39 is 0 Å². The number of para-hydroxylation sites is 1. The first-order valence-corrected chi connectivity index (χ1v) is 7.75. The molecule has 0 radical (unpaired) electrons. The molecule has 0 fully saturated rings. The highest BCUT2D eigenvalue weighted by atomic mass is 16.6. The molecule has 1 aliphatic heterocycles. The van der Waals surface area contributed by atoms with E-state index in [1.54, 1.807) is 12.1 Å². The maximum Gasteiger partial charge on any atom is 0.292 e. The Morgan fingerprint density at radius 3 is 2.75 bits per heavy atom. The standard InChI is InChI=1S/C16H24N2O2/c1-2-3-4-5-6-7-9-13-12-17-16-14(13)10-8-11-15(16)18(19)20/h8,10-11,13,17H,2-7,9,12H2,1H3. The third-order valence-electron chi connectivity index (χ3n) is 4.14. The van der Waals surface area contributed by atoms with Crippen LogP contribution in [0.3, 0.4) is 0 Å². The number of nitrogens with one attached hydrogen (secondary N) is 1. The summed E-state index contributed by atoms with van der Waals surface area (Å²) in [5, 5.41) is 14.2. The van der Waals surface area contributed by atoms with E-state index >= 15 is 0 Å². The van der Waals surface area contributed by atoms with Gasteiger partial charge in [0.05, 0.1) is 4.92 Å². The summed E-state index contributed by atoms with van der Waals surface area (Å²) in [5.74, 6) is 0.441. The van der Waals surface area contributed by atoms with Crippen LogP contribution >= 0.6 is 0 Å². The molecule has 0 bridgehead atoms. The number of unbranched alkanes of at least 4 members (excludes halogenated alkanes) is 5. The summed E-state index contributed by atoms with van der Waals surface area (Å²) in [5.41, 5.74) is 2.09. The summed E-state index contributed by atoms with van der Waals surface area (Å²) in [6.45, 7) is 3.07. The first kappa shape index (κ1) is 14.8. The van der Waals surface area contributed by atoms with Crippen LogP contribution in [-0.4, -0.2) is 11.5 Å². The van der Waals surface area contributed by atoms with Crippen LogP contribution in [0.2, 0.25) is 0 Å². The zero-order valence-electron chi connectivity index (χ0n) is 12.2. The second-order valence-corrected chi connectivity index (χ2v) is 5.63. The summed E-state index contributed by atoms with van der Waals surface area (Å²) in [4.78, 5) is 10.7. The molecular formula is C16H24N2O2. The van der Waals surface area contributed by atoms with Crippen molar-refractivity contribution >= 4 is 11.4 Å². The lowest BCUT2D eigenvalue weighted by molar-refractivity contribution is -0.383. The van der Waals surface area contributed by atoms with Crippen LogP contribution in [0.5, 0.6) is 0 Å². The Bertz CT molecular complexity index is 460. The Morgan fingerprint density at radius 1 is 1.25 bits per heavy atom. The fraction of sp³-hybridized carbons (Fsp3) is 0.625. The summed E-state index contributed by atoms with van der Waals surface area (Å²) in [6.07, 6.45) is 8.90. The number of hydrogen-bond acceptors (Lipinski definition) is 3. The molecule has 0 saturated heterocycles. The molecule has 1 aromatic rings. The van der Waals surface area contributed by atoms with E-state index in [0.717, 1.165) is 24.2 Å². The average Bonchev–Trinajstić information content (AvgIpc) is 2.85. The molecule has 0 saturated carbocycles. The highest BCUT2D eigenvalue weighted by Gasteiger charge is 2.27. The van der Waals surface area contributed by atoms with Crippen molar-refractivity contribution in [1.29, 1.82) is 0 Å². The number of fused-ring (bicyclic) bond motifs is 1. The molecule has 0 aliphatic carbocycles. The van der Waals surface area contributed by atoms with Gasteiger partial charge in [-0.25, -0.2) is 0 Å². The Balaban J connectivity index is 1.86. The first-order valence-electron chi connectivity index (χ1n) is 7.75. The van der Waals surface area contributed by atoms with Gasteiger partial charge in [-0.3, -0.25) is 10.1 Å². The van der Waals surface area contributed by atoms with Gasteiger partial charge in [-0.15, -0.1) is 0 Å². The molecule has 0 amide bonds. The van der Waals surface area contributed by atoms with Gasteiger partial charge in [0.15, 0.2) is 0 Å². The predicted molar refractivity (Wildman–Crippen MR) is 82.3 cm³/mol. The van der Waals surface area contributed by atoms with Gasteiger partial charge < -0.3 is 5.32 Å². The SMILES string of the molecule is CCCCCCCCC1CNc2c1cccc2[N+](=O)[O-]. The predicted octanol–water partition coefficient (Wildman–Crippen LogP) is 4.85. The van der Waals surface area contributed by atoms with Crippen molar-refractivity contribution in [3.63, 3.8) is 0 Å². The summed E-state index contributed by atoms with van der Waals surface area (Å²) >= 11 is 0. The highest BCUT2D eigenvalue weighted by Crippen LogP contribution is 2.40. The summed E-state index contributed by atoms with van der Waals surface area (Å²) < 4.78 is 0. The third kappa shape index (κ3) is 3.50. The number of benzene rings is 1. The van der Waals surface area contributed by atoms with Gasteiger partial charge in [0, 0.05) is 18.5 Å². The molecule has 110 valence electrons. The Morgan fingerprint density at radius 2 is 2.00 bits per heavy atom. The molecule has 1 unspecified atom stereocenters. The van der Waals surface area contributed by atoms with Crippen molar-refractivity contribution in [3.8, 4) is 0 Å². The number of rotatable bonds is 8. The molecule has 0 spiro atoms. The Hall–Kier alpha value is -1.58. The number of nitro groups is 1. The monoisotopic (exact) mass is 276 g/mol. The van der Waals surface area contributed by atoms with E-state index in [9.17, 15) is 10.1 Å². The van der Waals surface area contributed by atoms with Crippen LogP contribution in [0.15, 0.2) is 18.2 Å². The third-order valence-corrected chi connectivity index (χ3v) is 4.14. The van der Waals surface area contributed by atoms with E-state index in [4.69, 9.17) is 0 Å². The molecule has 4 nitrogen and oxygen atoms in total. The second kappa shape index (κ2) is 7.27.